The zero-order valence-corrected chi connectivity index (χ0v) is 27.4. The van der Waals surface area contributed by atoms with Gasteiger partial charge >= 0.3 is 213 Å². The molecule has 3 nitrogen and oxygen atoms in total. The summed E-state index contributed by atoms with van der Waals surface area (Å²) in [6.07, 6.45) is 9.37. The van der Waals surface area contributed by atoms with E-state index in [1.807, 2.05) is 0 Å². The van der Waals surface area contributed by atoms with Crippen molar-refractivity contribution >= 4 is 33.0 Å². The van der Waals surface area contributed by atoms with Crippen LogP contribution >= 0.6 is 0 Å². The third-order valence-corrected chi connectivity index (χ3v) is 30.6. The second-order valence-electron chi connectivity index (χ2n) is 11.6. The van der Waals surface area contributed by atoms with E-state index < -0.39 is 26.7 Å². The van der Waals surface area contributed by atoms with Crippen LogP contribution < -0.4 is 0 Å². The van der Waals surface area contributed by atoms with Gasteiger partial charge in [-0.1, -0.05) is 0 Å². The number of epoxide rings is 1. The van der Waals surface area contributed by atoms with Gasteiger partial charge in [0.05, 0.1) is 0 Å². The van der Waals surface area contributed by atoms with Crippen molar-refractivity contribution in [1.82, 2.24) is 0 Å². The Hall–Kier alpha value is 0.346. The Morgan fingerprint density at radius 1 is 0.909 bits per heavy atom. The third-order valence-electron chi connectivity index (χ3n) is 8.35. The van der Waals surface area contributed by atoms with E-state index in [2.05, 4.69) is 62.3 Å². The van der Waals surface area contributed by atoms with Crippen LogP contribution in [0.3, 0.4) is 0 Å². The molecule has 1 saturated heterocycles. The van der Waals surface area contributed by atoms with Crippen LogP contribution in [0, 0.1) is 0 Å². The summed E-state index contributed by atoms with van der Waals surface area (Å²) < 4.78 is 19.0. The fourth-order valence-electron chi connectivity index (χ4n) is 6.35. The van der Waals surface area contributed by atoms with E-state index in [4.69, 9.17) is 15.7 Å². The molecular weight excluding hydrogens is 531 g/mol. The fourth-order valence-corrected chi connectivity index (χ4v) is 27.7. The first-order chi connectivity index (χ1) is 15.6. The molecule has 33 heavy (non-hydrogen) atoms. The van der Waals surface area contributed by atoms with Crippen LogP contribution in [0.15, 0.2) is 10.2 Å². The molecule has 5 heteroatoms. The predicted molar refractivity (Wildman–Crippen MR) is 149 cm³/mol. The molecule has 0 radical (unpaired) electrons. The molecule has 0 aromatic rings. The van der Waals surface area contributed by atoms with Gasteiger partial charge in [-0.05, 0) is 0 Å². The van der Waals surface area contributed by atoms with Crippen molar-refractivity contribution in [3.63, 3.8) is 0 Å². The van der Waals surface area contributed by atoms with E-state index in [0.29, 0.717) is 16.6 Å². The number of hydrogen-bond acceptors (Lipinski definition) is 3. The van der Waals surface area contributed by atoms with Crippen LogP contribution in [-0.2, 0) is 14.0 Å². The predicted octanol–water partition coefficient (Wildman–Crippen LogP) is 8.85. The van der Waals surface area contributed by atoms with Gasteiger partial charge in [0, 0.05) is 0 Å². The van der Waals surface area contributed by atoms with Crippen molar-refractivity contribution in [1.29, 1.82) is 0 Å². The van der Waals surface area contributed by atoms with Crippen LogP contribution in [0.2, 0.25) is 29.9 Å². The average molecular weight is 588 g/mol. The third kappa shape index (κ3) is 8.18. The van der Waals surface area contributed by atoms with Crippen molar-refractivity contribution in [2.24, 2.45) is 0 Å². The molecule has 0 aromatic carbocycles. The SMILES string of the molecule is C=[C](C[C@@H](O[Si](C(C)C)(C(C)C)C(C)C)[C@H]1O[C@H]1C=O)[Sn]([CH2]CCC)([CH2]CCC)[CH2]CCC. The van der Waals surface area contributed by atoms with Crippen molar-refractivity contribution in [2.75, 3.05) is 0 Å². The van der Waals surface area contributed by atoms with Gasteiger partial charge in [-0.25, -0.2) is 0 Å². The number of unbranched alkanes of at least 4 members (excludes halogenated alkanes) is 3. The van der Waals surface area contributed by atoms with Crippen molar-refractivity contribution in [2.45, 2.75) is 156 Å². The quantitative estimate of drug-likeness (QED) is 0.0861. The van der Waals surface area contributed by atoms with Gasteiger partial charge in [-0.15, -0.1) is 0 Å². The molecule has 0 bridgehead atoms. The summed E-state index contributed by atoms with van der Waals surface area (Å²) in [4.78, 5) is 11.6. The molecule has 0 N–H and O–H groups in total. The summed E-state index contributed by atoms with van der Waals surface area (Å²) in [5, 5.41) is 0. The molecule has 194 valence electrons. The second-order valence-corrected chi connectivity index (χ2v) is 30.6. The van der Waals surface area contributed by atoms with Crippen molar-refractivity contribution in [3.8, 4) is 0 Å². The molecule has 3 atom stereocenters. The number of rotatable bonds is 19. The zero-order valence-electron chi connectivity index (χ0n) is 23.5. The van der Waals surface area contributed by atoms with Crippen LogP contribution in [0.4, 0.5) is 0 Å². The van der Waals surface area contributed by atoms with Crippen LogP contribution in [0.25, 0.3) is 0 Å². The van der Waals surface area contributed by atoms with Crippen LogP contribution in [0.5, 0.6) is 0 Å². The number of ether oxygens (including phenoxy) is 1. The van der Waals surface area contributed by atoms with E-state index >= 15 is 0 Å². The first kappa shape index (κ1) is 31.4. The Morgan fingerprint density at radius 2 is 1.33 bits per heavy atom. The Labute approximate surface area is 211 Å². The summed E-state index contributed by atoms with van der Waals surface area (Å²) in [7, 11) is -2.07. The Morgan fingerprint density at radius 3 is 1.64 bits per heavy atom. The molecule has 1 heterocycles. The van der Waals surface area contributed by atoms with Crippen molar-refractivity contribution < 1.29 is 14.0 Å². The monoisotopic (exact) mass is 588 g/mol. The van der Waals surface area contributed by atoms with Gasteiger partial charge in [-0.3, -0.25) is 0 Å². The summed E-state index contributed by atoms with van der Waals surface area (Å²) in [5.74, 6) is 0. The molecule has 0 aliphatic carbocycles. The Balaban J connectivity index is 3.30. The van der Waals surface area contributed by atoms with Crippen molar-refractivity contribution in [3.05, 3.63) is 10.2 Å². The van der Waals surface area contributed by atoms with E-state index in [1.54, 1.807) is 3.59 Å². The number of aldehydes is 1. The molecule has 0 unspecified atom stereocenters. The Bertz CT molecular complexity index is 546. The Kier molecular flexibility index (Phi) is 14.1. The molecule has 0 amide bonds. The molecular formula is C28H56O3SiSn. The molecule has 1 aliphatic rings. The maximum absolute atomic E-state index is 11.6. The minimum absolute atomic E-state index is 0.00692. The second kappa shape index (κ2) is 14.8. The molecule has 1 fully saturated rings. The number of carbonyl (C=O) groups excluding carboxylic acids is 1. The average Bonchev–Trinajstić information content (AvgIpc) is 3.55. The van der Waals surface area contributed by atoms with Gasteiger partial charge in [0.2, 0.25) is 0 Å². The molecule has 0 spiro atoms. The molecule has 1 aliphatic heterocycles. The summed E-state index contributed by atoms with van der Waals surface area (Å²) in [6, 6.07) is 0. The first-order valence-electron chi connectivity index (χ1n) is 14.0. The fraction of sp³-hybridized carbons (Fsp3) is 0.893. The normalized spacial score (nSPS) is 20.0. The van der Waals surface area contributed by atoms with Gasteiger partial charge in [0.15, 0.2) is 0 Å². The topological polar surface area (TPSA) is 38.8 Å². The van der Waals surface area contributed by atoms with Crippen LogP contribution in [-0.4, -0.2) is 51.3 Å². The summed E-state index contributed by atoms with van der Waals surface area (Å²) in [5.41, 5.74) is 1.57. The van der Waals surface area contributed by atoms with E-state index in [-0.39, 0.29) is 18.3 Å². The minimum atomic E-state index is -2.57. The zero-order chi connectivity index (χ0) is 25.2. The van der Waals surface area contributed by atoms with Gasteiger partial charge in [0.1, 0.15) is 0 Å². The summed E-state index contributed by atoms with van der Waals surface area (Å²) in [6.45, 7) is 25.9. The maximum atomic E-state index is 11.6. The van der Waals surface area contributed by atoms with Gasteiger partial charge < -0.3 is 0 Å². The van der Waals surface area contributed by atoms with E-state index in [9.17, 15) is 4.79 Å². The van der Waals surface area contributed by atoms with E-state index in [1.165, 1.54) is 51.8 Å². The number of hydrogen-bond donors (Lipinski definition) is 0. The van der Waals surface area contributed by atoms with Gasteiger partial charge in [0.25, 0.3) is 0 Å². The summed E-state index contributed by atoms with van der Waals surface area (Å²) >= 11 is -2.57. The molecule has 0 aromatic heterocycles. The first-order valence-corrected chi connectivity index (χ1v) is 23.6. The number of carbonyl (C=O) groups is 1. The molecule has 1 rings (SSSR count). The molecule has 0 saturated carbocycles. The standard InChI is InChI=1S/C16H29O3Si.3C4H9.Sn/c1-8-9-14(16-15(10-17)18-16)19-20(11(2)3,12(4)5)13(6)7;3*1-3-4-2;/h10-16H,1,9H2,2-7H3;3*1,3-4H2,2H3;/t14-,15+,16-;;;;/m1..../s1. The van der Waals surface area contributed by atoms with E-state index in [0.717, 1.165) is 12.7 Å². The van der Waals surface area contributed by atoms with Gasteiger partial charge in [-0.2, -0.15) is 0 Å². The van der Waals surface area contributed by atoms with Crippen LogP contribution in [0.1, 0.15) is 107 Å².